The summed E-state index contributed by atoms with van der Waals surface area (Å²) in [7, 11) is 1.55. The van der Waals surface area contributed by atoms with Crippen LogP contribution in [0.4, 0.5) is 5.69 Å². The van der Waals surface area contributed by atoms with Crippen molar-refractivity contribution >= 4 is 11.6 Å². The highest BCUT2D eigenvalue weighted by Crippen LogP contribution is 2.32. The number of likely N-dealkylation sites (tertiary alicyclic amines) is 1. The van der Waals surface area contributed by atoms with Crippen LogP contribution in [0, 0.1) is 0 Å². The van der Waals surface area contributed by atoms with Crippen LogP contribution in [-0.4, -0.2) is 30.0 Å². The number of carbonyl (C=O) groups is 1. The Balaban J connectivity index is 2.36. The molecule has 1 amide bonds. The van der Waals surface area contributed by atoms with E-state index in [-0.39, 0.29) is 11.9 Å². The number of amides is 1. The molecule has 2 atom stereocenters. The van der Waals surface area contributed by atoms with Crippen LogP contribution in [0.25, 0.3) is 0 Å². The van der Waals surface area contributed by atoms with Gasteiger partial charge in [-0.25, -0.2) is 0 Å². The molecule has 2 unspecified atom stereocenters. The van der Waals surface area contributed by atoms with E-state index in [1.807, 2.05) is 4.90 Å². The summed E-state index contributed by atoms with van der Waals surface area (Å²) in [6.07, 6.45) is 3.13. The molecule has 0 aromatic heterocycles. The van der Waals surface area contributed by atoms with Crippen LogP contribution in [0.1, 0.15) is 43.5 Å². The predicted molar refractivity (Wildman–Crippen MR) is 76.4 cm³/mol. The van der Waals surface area contributed by atoms with Gasteiger partial charge >= 0.3 is 0 Å². The van der Waals surface area contributed by atoms with Crippen LogP contribution in [-0.2, 0) is 0 Å². The predicted octanol–water partition coefficient (Wildman–Crippen LogP) is 2.68. The second-order valence-corrected chi connectivity index (χ2v) is 5.13. The molecule has 1 fully saturated rings. The number of para-hydroxylation sites is 1. The van der Waals surface area contributed by atoms with Crippen molar-refractivity contribution in [1.29, 1.82) is 0 Å². The maximum absolute atomic E-state index is 12.7. The number of methoxy groups -OCH3 is 1. The number of nitrogen functional groups attached to an aromatic ring is 1. The number of nitrogens with two attached hydrogens (primary N) is 1. The first-order valence-electron chi connectivity index (χ1n) is 6.85. The fraction of sp³-hybridized carbons (Fsp3) is 0.533. The first-order valence-corrected chi connectivity index (χ1v) is 6.85. The summed E-state index contributed by atoms with van der Waals surface area (Å²) < 4.78 is 5.29. The van der Waals surface area contributed by atoms with Gasteiger partial charge in [0, 0.05) is 12.1 Å². The standard InChI is InChI=1S/C15H22N2O2/c1-4-11-9-8-10(2)17(11)15(18)12-6-5-7-13(16)14(12)19-3/h5-7,10-11H,4,8-9,16H2,1-3H3. The molecule has 4 nitrogen and oxygen atoms in total. The molecule has 2 N–H and O–H groups in total. The third-order valence-corrected chi connectivity index (χ3v) is 3.97. The molecule has 0 spiro atoms. The molecule has 1 aliphatic rings. The molecule has 0 radical (unpaired) electrons. The number of rotatable bonds is 3. The second kappa shape index (κ2) is 5.51. The Morgan fingerprint density at radius 2 is 2.21 bits per heavy atom. The first-order chi connectivity index (χ1) is 9.10. The monoisotopic (exact) mass is 262 g/mol. The van der Waals surface area contributed by atoms with Gasteiger partial charge in [0.25, 0.3) is 5.91 Å². The third-order valence-electron chi connectivity index (χ3n) is 3.97. The highest BCUT2D eigenvalue weighted by atomic mass is 16.5. The summed E-state index contributed by atoms with van der Waals surface area (Å²) in [5.41, 5.74) is 6.95. The molecule has 19 heavy (non-hydrogen) atoms. The van der Waals surface area contributed by atoms with Gasteiger partial charge in [0.15, 0.2) is 5.75 Å². The van der Waals surface area contributed by atoms with Gasteiger partial charge in [0.05, 0.1) is 18.4 Å². The van der Waals surface area contributed by atoms with Gasteiger partial charge in [-0.3, -0.25) is 4.79 Å². The zero-order chi connectivity index (χ0) is 14.0. The number of hydrogen-bond donors (Lipinski definition) is 1. The van der Waals surface area contributed by atoms with Crippen molar-refractivity contribution < 1.29 is 9.53 Å². The minimum Gasteiger partial charge on any atom is -0.494 e. The highest BCUT2D eigenvalue weighted by molar-refractivity contribution is 5.99. The largest absolute Gasteiger partial charge is 0.494 e. The molecule has 0 saturated carbocycles. The summed E-state index contributed by atoms with van der Waals surface area (Å²) in [6.45, 7) is 4.23. The Bertz CT molecular complexity index is 473. The topological polar surface area (TPSA) is 55.6 Å². The number of benzene rings is 1. The van der Waals surface area contributed by atoms with E-state index in [9.17, 15) is 4.79 Å². The van der Waals surface area contributed by atoms with E-state index < -0.39 is 0 Å². The van der Waals surface area contributed by atoms with Crippen LogP contribution in [0.3, 0.4) is 0 Å². The summed E-state index contributed by atoms with van der Waals surface area (Å²) in [4.78, 5) is 14.7. The normalized spacial score (nSPS) is 22.6. The maximum atomic E-state index is 12.7. The first kappa shape index (κ1) is 13.7. The van der Waals surface area contributed by atoms with Gasteiger partial charge in [-0.1, -0.05) is 13.0 Å². The number of anilines is 1. The molecule has 0 aliphatic carbocycles. The lowest BCUT2D eigenvalue weighted by molar-refractivity contribution is 0.0673. The average molecular weight is 262 g/mol. The summed E-state index contributed by atoms with van der Waals surface area (Å²) in [5.74, 6) is 0.516. The lowest BCUT2D eigenvalue weighted by Crippen LogP contribution is -2.39. The number of carbonyl (C=O) groups excluding carboxylic acids is 1. The maximum Gasteiger partial charge on any atom is 0.258 e. The van der Waals surface area contributed by atoms with E-state index in [0.717, 1.165) is 19.3 Å². The zero-order valence-corrected chi connectivity index (χ0v) is 11.8. The number of nitrogens with zero attached hydrogens (tertiary/aromatic N) is 1. The Morgan fingerprint density at radius 3 is 2.84 bits per heavy atom. The Labute approximate surface area is 114 Å². The van der Waals surface area contributed by atoms with Crippen molar-refractivity contribution in [3.8, 4) is 5.75 Å². The Kier molecular flexibility index (Phi) is 3.98. The van der Waals surface area contributed by atoms with E-state index in [4.69, 9.17) is 10.5 Å². The third kappa shape index (κ3) is 2.39. The van der Waals surface area contributed by atoms with E-state index in [0.29, 0.717) is 23.0 Å². The fourth-order valence-electron chi connectivity index (χ4n) is 2.93. The van der Waals surface area contributed by atoms with Crippen molar-refractivity contribution in [3.63, 3.8) is 0 Å². The van der Waals surface area contributed by atoms with Gasteiger partial charge in [-0.2, -0.15) is 0 Å². The SMILES string of the molecule is CCC1CCC(C)N1C(=O)c1cccc(N)c1OC. The number of ether oxygens (including phenoxy) is 1. The summed E-state index contributed by atoms with van der Waals surface area (Å²) in [6, 6.07) is 5.94. The van der Waals surface area contributed by atoms with E-state index in [1.165, 1.54) is 0 Å². The Morgan fingerprint density at radius 1 is 1.47 bits per heavy atom. The van der Waals surface area contributed by atoms with Gasteiger partial charge in [-0.05, 0) is 38.3 Å². The minimum atomic E-state index is 0.0287. The van der Waals surface area contributed by atoms with E-state index in [2.05, 4.69) is 13.8 Å². The highest BCUT2D eigenvalue weighted by Gasteiger charge is 2.34. The van der Waals surface area contributed by atoms with Crippen molar-refractivity contribution in [2.75, 3.05) is 12.8 Å². The quantitative estimate of drug-likeness (QED) is 0.852. The second-order valence-electron chi connectivity index (χ2n) is 5.13. The van der Waals surface area contributed by atoms with Crippen LogP contribution in [0.5, 0.6) is 5.75 Å². The van der Waals surface area contributed by atoms with Gasteiger partial charge < -0.3 is 15.4 Å². The van der Waals surface area contributed by atoms with Crippen LogP contribution < -0.4 is 10.5 Å². The van der Waals surface area contributed by atoms with E-state index in [1.54, 1.807) is 25.3 Å². The van der Waals surface area contributed by atoms with Crippen molar-refractivity contribution in [2.24, 2.45) is 0 Å². The fourth-order valence-corrected chi connectivity index (χ4v) is 2.93. The molecule has 1 saturated heterocycles. The molecule has 0 bridgehead atoms. The minimum absolute atomic E-state index is 0.0287. The van der Waals surface area contributed by atoms with E-state index >= 15 is 0 Å². The summed E-state index contributed by atoms with van der Waals surface area (Å²) >= 11 is 0. The van der Waals surface area contributed by atoms with Crippen LogP contribution in [0.2, 0.25) is 0 Å². The smallest absolute Gasteiger partial charge is 0.258 e. The van der Waals surface area contributed by atoms with Crippen molar-refractivity contribution in [3.05, 3.63) is 23.8 Å². The molecule has 104 valence electrons. The molecular weight excluding hydrogens is 240 g/mol. The lowest BCUT2D eigenvalue weighted by atomic mass is 10.1. The van der Waals surface area contributed by atoms with Crippen molar-refractivity contribution in [2.45, 2.75) is 45.2 Å². The van der Waals surface area contributed by atoms with Crippen LogP contribution in [0.15, 0.2) is 18.2 Å². The molecule has 1 aliphatic heterocycles. The van der Waals surface area contributed by atoms with Gasteiger partial charge in [0.1, 0.15) is 0 Å². The Hall–Kier alpha value is -1.71. The number of hydrogen-bond acceptors (Lipinski definition) is 3. The lowest BCUT2D eigenvalue weighted by Gasteiger charge is -2.28. The average Bonchev–Trinajstić information content (AvgIpc) is 2.78. The molecule has 2 rings (SSSR count). The molecule has 4 heteroatoms. The van der Waals surface area contributed by atoms with Gasteiger partial charge in [-0.15, -0.1) is 0 Å². The zero-order valence-electron chi connectivity index (χ0n) is 11.8. The summed E-state index contributed by atoms with van der Waals surface area (Å²) in [5, 5.41) is 0. The molecule has 1 aromatic rings. The van der Waals surface area contributed by atoms with Crippen LogP contribution >= 0.6 is 0 Å². The molecular formula is C15H22N2O2. The van der Waals surface area contributed by atoms with Crippen molar-refractivity contribution in [1.82, 2.24) is 4.90 Å². The van der Waals surface area contributed by atoms with Gasteiger partial charge in [0.2, 0.25) is 0 Å². The molecule has 1 aromatic carbocycles. The molecule has 1 heterocycles.